The Morgan fingerprint density at radius 1 is 1.22 bits per heavy atom. The van der Waals surface area contributed by atoms with E-state index in [0.717, 1.165) is 37.4 Å². The normalized spacial score (nSPS) is 15.4. The first-order valence-corrected chi connectivity index (χ1v) is 8.71. The Balaban J connectivity index is 1.85. The molecular formula is C19H31N3O. The molecule has 1 aromatic carbocycles. The fourth-order valence-electron chi connectivity index (χ4n) is 3.09. The van der Waals surface area contributed by atoms with Crippen molar-refractivity contribution in [2.24, 2.45) is 11.8 Å². The van der Waals surface area contributed by atoms with E-state index in [-0.39, 0.29) is 6.03 Å². The quantitative estimate of drug-likeness (QED) is 0.865. The van der Waals surface area contributed by atoms with Gasteiger partial charge in [-0.1, -0.05) is 39.8 Å². The highest BCUT2D eigenvalue weighted by Crippen LogP contribution is 2.20. The molecular weight excluding hydrogens is 286 g/mol. The van der Waals surface area contributed by atoms with Crippen LogP contribution < -0.4 is 5.32 Å². The molecule has 1 N–H and O–H groups in total. The third kappa shape index (κ3) is 5.24. The monoisotopic (exact) mass is 317 g/mol. The van der Waals surface area contributed by atoms with Crippen LogP contribution in [0.15, 0.2) is 24.3 Å². The molecule has 1 fully saturated rings. The van der Waals surface area contributed by atoms with E-state index in [1.165, 1.54) is 0 Å². The summed E-state index contributed by atoms with van der Waals surface area (Å²) < 4.78 is 0. The minimum atomic E-state index is 0.0147. The van der Waals surface area contributed by atoms with E-state index in [2.05, 4.69) is 37.9 Å². The van der Waals surface area contributed by atoms with Crippen LogP contribution in [0.4, 0.5) is 10.5 Å². The van der Waals surface area contributed by atoms with Crippen LogP contribution in [0.25, 0.3) is 0 Å². The van der Waals surface area contributed by atoms with Gasteiger partial charge in [0, 0.05) is 37.9 Å². The topological polar surface area (TPSA) is 35.6 Å². The lowest BCUT2D eigenvalue weighted by Gasteiger charge is -2.46. The molecule has 1 aliphatic heterocycles. The van der Waals surface area contributed by atoms with E-state index in [1.54, 1.807) is 0 Å². The Bertz CT molecular complexity index is 511. The predicted octanol–water partition coefficient (Wildman–Crippen LogP) is 3.83. The Morgan fingerprint density at radius 2 is 1.83 bits per heavy atom. The minimum absolute atomic E-state index is 0.0147. The number of rotatable bonds is 6. The Kier molecular flexibility index (Phi) is 6.05. The number of anilines is 1. The average molecular weight is 317 g/mol. The highest BCUT2D eigenvalue weighted by molar-refractivity contribution is 5.90. The summed E-state index contributed by atoms with van der Waals surface area (Å²) in [4.78, 5) is 16.8. The third-order valence-electron chi connectivity index (χ3n) is 4.13. The van der Waals surface area contributed by atoms with Gasteiger partial charge < -0.3 is 10.2 Å². The number of hydrogen-bond acceptors (Lipinski definition) is 2. The van der Waals surface area contributed by atoms with Crippen LogP contribution in [-0.4, -0.2) is 48.1 Å². The van der Waals surface area contributed by atoms with Crippen molar-refractivity contribution < 1.29 is 4.79 Å². The first kappa shape index (κ1) is 17.8. The molecule has 2 rings (SSSR count). The standard InChI is InChI=1S/C19H31N3O/c1-14(2)10-21(11-15(3)4)18-12-22(13-18)19(23)20-17-8-6-7-16(5)9-17/h6-9,14-15,18H,10-13H2,1-5H3,(H,20,23). The maximum Gasteiger partial charge on any atom is 0.321 e. The van der Waals surface area contributed by atoms with Crippen molar-refractivity contribution in [2.45, 2.75) is 40.7 Å². The number of likely N-dealkylation sites (tertiary alicyclic amines) is 1. The number of carbonyl (C=O) groups is 1. The van der Waals surface area contributed by atoms with Crippen molar-refractivity contribution in [2.75, 3.05) is 31.5 Å². The zero-order valence-corrected chi connectivity index (χ0v) is 15.2. The number of aryl methyl sites for hydroxylation is 1. The van der Waals surface area contributed by atoms with Gasteiger partial charge in [-0.3, -0.25) is 4.90 Å². The molecule has 4 heteroatoms. The molecule has 2 amide bonds. The van der Waals surface area contributed by atoms with Crippen LogP contribution in [0.3, 0.4) is 0 Å². The molecule has 0 saturated carbocycles. The number of urea groups is 1. The second kappa shape index (κ2) is 7.82. The molecule has 0 radical (unpaired) electrons. The molecule has 0 aliphatic carbocycles. The van der Waals surface area contributed by atoms with Gasteiger partial charge in [0.1, 0.15) is 0 Å². The van der Waals surface area contributed by atoms with Gasteiger partial charge in [0.25, 0.3) is 0 Å². The number of nitrogens with one attached hydrogen (secondary N) is 1. The SMILES string of the molecule is Cc1cccc(NC(=O)N2CC(N(CC(C)C)CC(C)C)C2)c1. The van der Waals surface area contributed by atoms with Crippen LogP contribution in [-0.2, 0) is 0 Å². The number of amides is 2. The molecule has 0 atom stereocenters. The maximum absolute atomic E-state index is 12.3. The molecule has 1 aromatic rings. The average Bonchev–Trinajstić information content (AvgIpc) is 2.34. The number of benzene rings is 1. The van der Waals surface area contributed by atoms with Gasteiger partial charge in [0.2, 0.25) is 0 Å². The summed E-state index contributed by atoms with van der Waals surface area (Å²) in [6.07, 6.45) is 0. The van der Waals surface area contributed by atoms with Crippen molar-refractivity contribution in [1.29, 1.82) is 0 Å². The van der Waals surface area contributed by atoms with Gasteiger partial charge in [0.15, 0.2) is 0 Å². The fraction of sp³-hybridized carbons (Fsp3) is 0.632. The smallest absolute Gasteiger partial charge is 0.321 e. The molecule has 1 heterocycles. The van der Waals surface area contributed by atoms with Crippen LogP contribution in [0.1, 0.15) is 33.3 Å². The van der Waals surface area contributed by atoms with Gasteiger partial charge >= 0.3 is 6.03 Å². The lowest BCUT2D eigenvalue weighted by Crippen LogP contribution is -2.62. The molecule has 128 valence electrons. The van der Waals surface area contributed by atoms with Gasteiger partial charge in [-0.05, 0) is 36.5 Å². The maximum atomic E-state index is 12.3. The van der Waals surface area contributed by atoms with Crippen molar-refractivity contribution >= 4 is 11.7 Å². The van der Waals surface area contributed by atoms with Crippen molar-refractivity contribution in [3.8, 4) is 0 Å². The summed E-state index contributed by atoms with van der Waals surface area (Å²) in [6, 6.07) is 8.45. The molecule has 0 bridgehead atoms. The van der Waals surface area contributed by atoms with Crippen molar-refractivity contribution in [3.05, 3.63) is 29.8 Å². The van der Waals surface area contributed by atoms with E-state index >= 15 is 0 Å². The van der Waals surface area contributed by atoms with Gasteiger partial charge in [-0.15, -0.1) is 0 Å². The third-order valence-corrected chi connectivity index (χ3v) is 4.13. The molecule has 23 heavy (non-hydrogen) atoms. The number of hydrogen-bond donors (Lipinski definition) is 1. The van der Waals surface area contributed by atoms with Crippen LogP contribution >= 0.6 is 0 Å². The summed E-state index contributed by atoms with van der Waals surface area (Å²) in [5, 5.41) is 2.99. The first-order chi connectivity index (χ1) is 10.8. The first-order valence-electron chi connectivity index (χ1n) is 8.71. The van der Waals surface area contributed by atoms with Crippen LogP contribution in [0.2, 0.25) is 0 Å². The second-order valence-corrected chi connectivity index (χ2v) is 7.60. The molecule has 4 nitrogen and oxygen atoms in total. The van der Waals surface area contributed by atoms with Gasteiger partial charge in [-0.25, -0.2) is 4.79 Å². The minimum Gasteiger partial charge on any atom is -0.321 e. The molecule has 1 aliphatic rings. The van der Waals surface area contributed by atoms with E-state index in [1.807, 2.05) is 36.1 Å². The Labute approximate surface area is 140 Å². The number of nitrogens with zero attached hydrogens (tertiary/aromatic N) is 2. The summed E-state index contributed by atoms with van der Waals surface area (Å²) >= 11 is 0. The Morgan fingerprint density at radius 3 is 2.35 bits per heavy atom. The van der Waals surface area contributed by atoms with Gasteiger partial charge in [-0.2, -0.15) is 0 Å². The van der Waals surface area contributed by atoms with E-state index < -0.39 is 0 Å². The summed E-state index contributed by atoms with van der Waals surface area (Å²) in [6.45, 7) is 14.9. The van der Waals surface area contributed by atoms with Crippen LogP contribution in [0.5, 0.6) is 0 Å². The predicted molar refractivity (Wildman–Crippen MR) is 96.8 cm³/mol. The highest BCUT2D eigenvalue weighted by Gasteiger charge is 2.35. The van der Waals surface area contributed by atoms with E-state index in [0.29, 0.717) is 17.9 Å². The zero-order valence-electron chi connectivity index (χ0n) is 15.2. The lowest BCUT2D eigenvalue weighted by molar-refractivity contribution is 0.0464. The highest BCUT2D eigenvalue weighted by atomic mass is 16.2. The Hall–Kier alpha value is -1.55. The second-order valence-electron chi connectivity index (χ2n) is 7.60. The largest absolute Gasteiger partial charge is 0.321 e. The van der Waals surface area contributed by atoms with Crippen molar-refractivity contribution in [1.82, 2.24) is 9.80 Å². The van der Waals surface area contributed by atoms with Gasteiger partial charge in [0.05, 0.1) is 0 Å². The molecule has 0 spiro atoms. The van der Waals surface area contributed by atoms with Crippen LogP contribution in [0, 0.1) is 18.8 Å². The summed E-state index contributed by atoms with van der Waals surface area (Å²) in [7, 11) is 0. The molecule has 0 unspecified atom stereocenters. The number of carbonyl (C=O) groups excluding carboxylic acids is 1. The van der Waals surface area contributed by atoms with Crippen molar-refractivity contribution in [3.63, 3.8) is 0 Å². The lowest BCUT2D eigenvalue weighted by atomic mass is 10.0. The molecule has 1 saturated heterocycles. The zero-order chi connectivity index (χ0) is 17.0. The summed E-state index contributed by atoms with van der Waals surface area (Å²) in [5.74, 6) is 1.31. The fourth-order valence-corrected chi connectivity index (χ4v) is 3.09. The van der Waals surface area contributed by atoms with E-state index in [9.17, 15) is 4.79 Å². The van der Waals surface area contributed by atoms with E-state index in [4.69, 9.17) is 0 Å². The molecule has 0 aromatic heterocycles. The summed E-state index contributed by atoms with van der Waals surface area (Å²) in [5.41, 5.74) is 2.03.